The number of benzene rings is 7. The molecule has 0 spiro atoms. The summed E-state index contributed by atoms with van der Waals surface area (Å²) < 4.78 is 2.86. The second-order valence-electron chi connectivity index (χ2n) is 14.0. The van der Waals surface area contributed by atoms with Crippen LogP contribution in [0.3, 0.4) is 0 Å². The molecule has 0 N–H and O–H groups in total. The van der Waals surface area contributed by atoms with Crippen LogP contribution in [0, 0.1) is 0 Å². The monoisotopic (exact) mass is 731 g/mol. The van der Waals surface area contributed by atoms with Gasteiger partial charge in [-0.15, -0.1) is 0 Å². The van der Waals surface area contributed by atoms with Gasteiger partial charge in [-0.05, 0) is 5.56 Å². The SMILES string of the molecule is CC1(C)c2ccccc2-c2c(-c3nc(-c4ccccc4)nc(-c4cccc(-c5ccc6c(c5)[se]c5cccc(-c7ccccc7)c56)c4)n3)cccc21. The van der Waals surface area contributed by atoms with E-state index in [1.807, 2.05) is 18.2 Å². The van der Waals surface area contributed by atoms with Crippen LogP contribution < -0.4 is 0 Å². The Bertz CT molecular complexity index is 2820. The number of aromatic nitrogens is 3. The predicted molar refractivity (Wildman–Crippen MR) is 217 cm³/mol. The molecule has 0 aliphatic heterocycles. The summed E-state index contributed by atoms with van der Waals surface area (Å²) in [4.78, 5) is 15.5. The second-order valence-corrected chi connectivity index (χ2v) is 16.3. The summed E-state index contributed by atoms with van der Waals surface area (Å²) in [5, 5.41) is 2.73. The molecule has 9 aromatic rings. The molecule has 4 heteroatoms. The first-order chi connectivity index (χ1) is 25.5. The Kier molecular flexibility index (Phi) is 7.18. The zero-order chi connectivity index (χ0) is 34.8. The molecule has 0 saturated heterocycles. The van der Waals surface area contributed by atoms with E-state index in [2.05, 4.69) is 159 Å². The third kappa shape index (κ3) is 4.98. The van der Waals surface area contributed by atoms with E-state index in [0.717, 1.165) is 22.3 Å². The van der Waals surface area contributed by atoms with Crippen LogP contribution in [0.2, 0.25) is 0 Å². The zero-order valence-corrected chi connectivity index (χ0v) is 30.6. The molecule has 0 atom stereocenters. The van der Waals surface area contributed by atoms with Gasteiger partial charge in [-0.1, -0.05) is 50.2 Å². The van der Waals surface area contributed by atoms with Crippen molar-refractivity contribution in [3.8, 4) is 67.5 Å². The third-order valence-electron chi connectivity index (χ3n) is 10.6. The molecule has 1 aliphatic carbocycles. The normalized spacial score (nSPS) is 13.0. The summed E-state index contributed by atoms with van der Waals surface area (Å²) in [6.07, 6.45) is 0. The molecule has 246 valence electrons. The van der Waals surface area contributed by atoms with Gasteiger partial charge in [-0.25, -0.2) is 0 Å². The molecule has 3 nitrogen and oxygen atoms in total. The molecule has 0 fully saturated rings. The quantitative estimate of drug-likeness (QED) is 0.166. The Morgan fingerprint density at radius 1 is 0.404 bits per heavy atom. The minimum atomic E-state index is -0.115. The minimum absolute atomic E-state index is 0.115. The van der Waals surface area contributed by atoms with Gasteiger partial charge in [0.25, 0.3) is 0 Å². The van der Waals surface area contributed by atoms with Gasteiger partial charge in [0.05, 0.1) is 0 Å². The molecule has 7 aromatic carbocycles. The zero-order valence-electron chi connectivity index (χ0n) is 28.8. The molecule has 0 radical (unpaired) electrons. The Hall–Kier alpha value is -5.93. The fourth-order valence-corrected chi connectivity index (χ4v) is 10.4. The van der Waals surface area contributed by atoms with Crippen LogP contribution in [-0.4, -0.2) is 29.5 Å². The van der Waals surface area contributed by atoms with Crippen LogP contribution in [0.15, 0.2) is 164 Å². The average Bonchev–Trinajstić information content (AvgIpc) is 3.70. The van der Waals surface area contributed by atoms with Gasteiger partial charge in [-0.2, -0.15) is 0 Å². The molecule has 0 bridgehead atoms. The maximum absolute atomic E-state index is 5.24. The molecule has 52 heavy (non-hydrogen) atoms. The van der Waals surface area contributed by atoms with E-state index in [0.29, 0.717) is 17.5 Å². The van der Waals surface area contributed by atoms with E-state index < -0.39 is 0 Å². The summed E-state index contributed by atoms with van der Waals surface area (Å²) in [5.41, 5.74) is 12.9. The fraction of sp³-hybridized carbons (Fsp3) is 0.0625. The Morgan fingerprint density at radius 3 is 1.81 bits per heavy atom. The Balaban J connectivity index is 1.11. The molecular formula is C48H33N3Se. The van der Waals surface area contributed by atoms with Crippen LogP contribution >= 0.6 is 0 Å². The maximum atomic E-state index is 5.24. The Labute approximate surface area is 309 Å². The van der Waals surface area contributed by atoms with Gasteiger partial charge >= 0.3 is 249 Å². The molecule has 1 aliphatic rings. The molecule has 0 saturated carbocycles. The summed E-state index contributed by atoms with van der Waals surface area (Å²) >= 11 is 0.236. The minimum Gasteiger partial charge on any atom is -0.0575 e. The molecule has 10 rings (SSSR count). The van der Waals surface area contributed by atoms with Crippen LogP contribution in [0.5, 0.6) is 0 Å². The fourth-order valence-electron chi connectivity index (χ4n) is 7.98. The van der Waals surface area contributed by atoms with Gasteiger partial charge in [0.1, 0.15) is 0 Å². The van der Waals surface area contributed by atoms with E-state index in [1.165, 1.54) is 58.2 Å². The first-order valence-electron chi connectivity index (χ1n) is 17.7. The van der Waals surface area contributed by atoms with Gasteiger partial charge in [0, 0.05) is 5.41 Å². The second kappa shape index (κ2) is 12.1. The molecule has 2 heterocycles. The molecule has 2 aromatic heterocycles. The predicted octanol–water partition coefficient (Wildman–Crippen LogP) is 11.9. The summed E-state index contributed by atoms with van der Waals surface area (Å²) in [6.45, 7) is 4.62. The van der Waals surface area contributed by atoms with E-state index in [9.17, 15) is 0 Å². The number of nitrogens with zero attached hydrogens (tertiary/aromatic N) is 3. The molecular weight excluding hydrogens is 698 g/mol. The number of rotatable bonds is 5. The first kappa shape index (κ1) is 30.9. The van der Waals surface area contributed by atoms with Crippen molar-refractivity contribution in [2.24, 2.45) is 0 Å². The summed E-state index contributed by atoms with van der Waals surface area (Å²) in [6, 6.07) is 58.7. The third-order valence-corrected chi connectivity index (χ3v) is 12.9. The standard InChI is InChI=1S/C48H33N3Se/c1-48(2)39-23-10-9-20-36(39)43-38(22-12-24-40(43)48)47-50-45(31-16-7-4-8-17-31)49-46(51-47)34-19-11-18-32(28-34)33-26-27-37-42(29-33)52-41-25-13-21-35(44(37)41)30-14-5-3-6-15-30/h3-29H,1-2H3. The smallest absolute Gasteiger partial charge is 0.0575 e. The first-order valence-corrected chi connectivity index (χ1v) is 19.4. The van der Waals surface area contributed by atoms with E-state index in [-0.39, 0.29) is 19.9 Å². The average molecular weight is 731 g/mol. The van der Waals surface area contributed by atoms with Crippen molar-refractivity contribution in [1.82, 2.24) is 15.0 Å². The van der Waals surface area contributed by atoms with E-state index >= 15 is 0 Å². The van der Waals surface area contributed by atoms with Crippen molar-refractivity contribution in [3.05, 3.63) is 175 Å². The molecule has 0 unspecified atom stereocenters. The van der Waals surface area contributed by atoms with Gasteiger partial charge < -0.3 is 0 Å². The summed E-state index contributed by atoms with van der Waals surface area (Å²) in [5.74, 6) is 2.02. The van der Waals surface area contributed by atoms with Gasteiger partial charge in [0.15, 0.2) is 0 Å². The summed E-state index contributed by atoms with van der Waals surface area (Å²) in [7, 11) is 0. The van der Waals surface area contributed by atoms with Gasteiger partial charge in [0.2, 0.25) is 0 Å². The van der Waals surface area contributed by atoms with Crippen molar-refractivity contribution in [1.29, 1.82) is 0 Å². The van der Waals surface area contributed by atoms with Crippen LogP contribution in [0.4, 0.5) is 0 Å². The van der Waals surface area contributed by atoms with Crippen LogP contribution in [-0.2, 0) is 5.41 Å². The van der Waals surface area contributed by atoms with Crippen molar-refractivity contribution in [2.45, 2.75) is 19.3 Å². The van der Waals surface area contributed by atoms with Crippen molar-refractivity contribution in [2.75, 3.05) is 0 Å². The number of hydrogen-bond donors (Lipinski definition) is 0. The van der Waals surface area contributed by atoms with Crippen LogP contribution in [0.1, 0.15) is 25.0 Å². The van der Waals surface area contributed by atoms with Crippen molar-refractivity contribution >= 4 is 33.8 Å². The number of hydrogen-bond acceptors (Lipinski definition) is 3. The van der Waals surface area contributed by atoms with Crippen molar-refractivity contribution < 1.29 is 0 Å². The Morgan fingerprint density at radius 2 is 0.981 bits per heavy atom. The van der Waals surface area contributed by atoms with Gasteiger partial charge in [-0.3, -0.25) is 0 Å². The van der Waals surface area contributed by atoms with E-state index in [1.54, 1.807) is 0 Å². The van der Waals surface area contributed by atoms with Crippen LogP contribution in [0.25, 0.3) is 86.8 Å². The molecule has 0 amide bonds. The topological polar surface area (TPSA) is 38.7 Å². The van der Waals surface area contributed by atoms with Crippen molar-refractivity contribution in [3.63, 3.8) is 0 Å². The van der Waals surface area contributed by atoms with E-state index in [4.69, 9.17) is 15.0 Å². The number of fused-ring (bicyclic) bond motifs is 6.